The van der Waals surface area contributed by atoms with E-state index in [0.717, 1.165) is 18.2 Å². The fourth-order valence-electron chi connectivity index (χ4n) is 2.92. The lowest BCUT2D eigenvalue weighted by Crippen LogP contribution is -2.22. The fourth-order valence-corrected chi connectivity index (χ4v) is 2.92. The zero-order chi connectivity index (χ0) is 13.8. The minimum Gasteiger partial charge on any atom is -0.399 e. The van der Waals surface area contributed by atoms with E-state index in [0.29, 0.717) is 17.2 Å². The maximum absolute atomic E-state index is 11.4. The quantitative estimate of drug-likeness (QED) is 0.729. The molecule has 4 nitrogen and oxygen atoms in total. The zero-order valence-electron chi connectivity index (χ0n) is 11.5. The Morgan fingerprint density at radius 1 is 1.42 bits per heavy atom. The van der Waals surface area contributed by atoms with Crippen LogP contribution in [0.1, 0.15) is 43.0 Å². The van der Waals surface area contributed by atoms with Crippen LogP contribution in [-0.4, -0.2) is 12.5 Å². The molecule has 1 aromatic rings. The van der Waals surface area contributed by atoms with Crippen molar-refractivity contribution >= 4 is 17.3 Å². The molecule has 0 spiro atoms. The molecule has 1 aliphatic carbocycles. The number of amides is 1. The van der Waals surface area contributed by atoms with Crippen LogP contribution in [0.3, 0.4) is 0 Å². The van der Waals surface area contributed by atoms with Gasteiger partial charge in [-0.05, 0) is 42.9 Å². The van der Waals surface area contributed by atoms with Gasteiger partial charge in [0.15, 0.2) is 0 Å². The third-order valence-electron chi connectivity index (χ3n) is 3.94. The second-order valence-electron chi connectivity index (χ2n) is 5.69. The van der Waals surface area contributed by atoms with E-state index in [9.17, 15) is 4.79 Å². The molecule has 0 heterocycles. The van der Waals surface area contributed by atoms with E-state index in [1.165, 1.54) is 25.7 Å². The van der Waals surface area contributed by atoms with Gasteiger partial charge >= 0.3 is 0 Å². The Balaban J connectivity index is 2.01. The lowest BCUT2D eigenvalue weighted by molar-refractivity contribution is 0.100. The van der Waals surface area contributed by atoms with E-state index in [1.54, 1.807) is 12.1 Å². The molecule has 104 valence electrons. The maximum atomic E-state index is 11.4. The lowest BCUT2D eigenvalue weighted by Gasteiger charge is -2.27. The van der Waals surface area contributed by atoms with Crippen LogP contribution >= 0.6 is 0 Å². The van der Waals surface area contributed by atoms with Crippen LogP contribution in [0.4, 0.5) is 11.4 Å². The van der Waals surface area contributed by atoms with Gasteiger partial charge in [-0.25, -0.2) is 0 Å². The molecule has 2 rings (SSSR count). The maximum Gasteiger partial charge on any atom is 0.250 e. The molecule has 4 heteroatoms. The van der Waals surface area contributed by atoms with Crippen LogP contribution in [0.25, 0.3) is 0 Å². The number of hydrogen-bond acceptors (Lipinski definition) is 3. The Labute approximate surface area is 114 Å². The minimum atomic E-state index is -0.438. The van der Waals surface area contributed by atoms with Crippen molar-refractivity contribution in [1.29, 1.82) is 0 Å². The Morgan fingerprint density at radius 3 is 2.89 bits per heavy atom. The summed E-state index contributed by atoms with van der Waals surface area (Å²) in [5.41, 5.74) is 12.9. The molecule has 1 saturated carbocycles. The fraction of sp³-hybridized carbons (Fsp3) is 0.533. The van der Waals surface area contributed by atoms with E-state index in [4.69, 9.17) is 11.5 Å². The highest BCUT2D eigenvalue weighted by Crippen LogP contribution is 2.29. The molecule has 0 radical (unpaired) electrons. The monoisotopic (exact) mass is 261 g/mol. The van der Waals surface area contributed by atoms with Crippen molar-refractivity contribution in [3.8, 4) is 0 Å². The van der Waals surface area contributed by atoms with Crippen LogP contribution in [0.5, 0.6) is 0 Å². The van der Waals surface area contributed by atoms with Gasteiger partial charge in [0, 0.05) is 17.9 Å². The lowest BCUT2D eigenvalue weighted by atomic mass is 9.82. The summed E-state index contributed by atoms with van der Waals surface area (Å²) in [7, 11) is 0. The van der Waals surface area contributed by atoms with E-state index >= 15 is 0 Å². The van der Waals surface area contributed by atoms with Gasteiger partial charge in [-0.1, -0.05) is 19.8 Å². The highest BCUT2D eigenvalue weighted by Gasteiger charge is 2.19. The molecule has 1 aromatic carbocycles. The van der Waals surface area contributed by atoms with Gasteiger partial charge in [0.05, 0.1) is 5.56 Å². The normalized spacial score (nSPS) is 23.0. The van der Waals surface area contributed by atoms with E-state index in [-0.39, 0.29) is 0 Å². The van der Waals surface area contributed by atoms with Crippen LogP contribution in [0, 0.1) is 11.8 Å². The largest absolute Gasteiger partial charge is 0.399 e. The van der Waals surface area contributed by atoms with Gasteiger partial charge in [-0.3, -0.25) is 4.79 Å². The standard InChI is InChI=1S/C15H23N3O/c1-10-3-2-4-11(7-10)9-18-14-6-5-12(16)8-13(14)15(17)19/h5-6,8,10-11,18H,2-4,7,9,16H2,1H3,(H2,17,19). The summed E-state index contributed by atoms with van der Waals surface area (Å²) in [4.78, 5) is 11.4. The molecule has 2 atom stereocenters. The molecule has 0 bridgehead atoms. The average Bonchev–Trinajstić information content (AvgIpc) is 2.37. The highest BCUT2D eigenvalue weighted by atomic mass is 16.1. The summed E-state index contributed by atoms with van der Waals surface area (Å²) >= 11 is 0. The first kappa shape index (κ1) is 13.7. The molecule has 1 fully saturated rings. The number of primary amides is 1. The van der Waals surface area contributed by atoms with E-state index in [1.807, 2.05) is 6.07 Å². The van der Waals surface area contributed by atoms with Crippen LogP contribution in [-0.2, 0) is 0 Å². The number of anilines is 2. The van der Waals surface area contributed by atoms with Crippen LogP contribution in [0.15, 0.2) is 18.2 Å². The van der Waals surface area contributed by atoms with Gasteiger partial charge in [0.1, 0.15) is 0 Å². The van der Waals surface area contributed by atoms with Crippen molar-refractivity contribution in [3.63, 3.8) is 0 Å². The Bertz CT molecular complexity index is 459. The highest BCUT2D eigenvalue weighted by molar-refractivity contribution is 5.99. The van der Waals surface area contributed by atoms with Crippen molar-refractivity contribution in [2.45, 2.75) is 32.6 Å². The second-order valence-corrected chi connectivity index (χ2v) is 5.69. The molecule has 0 saturated heterocycles. The summed E-state index contributed by atoms with van der Waals surface area (Å²) in [6, 6.07) is 5.26. The number of benzene rings is 1. The van der Waals surface area contributed by atoms with Gasteiger partial charge < -0.3 is 16.8 Å². The number of nitrogen functional groups attached to an aromatic ring is 1. The summed E-state index contributed by atoms with van der Waals surface area (Å²) in [5, 5.41) is 3.36. The first-order valence-corrected chi connectivity index (χ1v) is 6.99. The number of nitrogens with one attached hydrogen (secondary N) is 1. The van der Waals surface area contributed by atoms with Gasteiger partial charge in [0.2, 0.25) is 0 Å². The third kappa shape index (κ3) is 3.63. The number of carbonyl (C=O) groups excluding carboxylic acids is 1. The molecule has 1 amide bonds. The Morgan fingerprint density at radius 2 is 2.21 bits per heavy atom. The molecule has 2 unspecified atom stereocenters. The Hall–Kier alpha value is -1.71. The first-order chi connectivity index (χ1) is 9.06. The van der Waals surface area contributed by atoms with Crippen LogP contribution < -0.4 is 16.8 Å². The smallest absolute Gasteiger partial charge is 0.250 e. The van der Waals surface area contributed by atoms with Crippen LogP contribution in [0.2, 0.25) is 0 Å². The summed E-state index contributed by atoms with van der Waals surface area (Å²) < 4.78 is 0. The van der Waals surface area contributed by atoms with Crippen molar-refractivity contribution in [2.75, 3.05) is 17.6 Å². The predicted octanol–water partition coefficient (Wildman–Crippen LogP) is 2.61. The summed E-state index contributed by atoms with van der Waals surface area (Å²) in [6.45, 7) is 3.21. The van der Waals surface area contributed by atoms with E-state index < -0.39 is 5.91 Å². The molecule has 5 N–H and O–H groups in total. The summed E-state index contributed by atoms with van der Waals surface area (Å²) in [5.74, 6) is 1.05. The first-order valence-electron chi connectivity index (χ1n) is 6.99. The Kier molecular flexibility index (Phi) is 4.30. The van der Waals surface area contributed by atoms with Gasteiger partial charge in [0.25, 0.3) is 5.91 Å². The van der Waals surface area contributed by atoms with Crippen molar-refractivity contribution in [3.05, 3.63) is 23.8 Å². The van der Waals surface area contributed by atoms with E-state index in [2.05, 4.69) is 12.2 Å². The summed E-state index contributed by atoms with van der Waals surface area (Å²) in [6.07, 6.45) is 5.16. The molecular weight excluding hydrogens is 238 g/mol. The molecule has 19 heavy (non-hydrogen) atoms. The van der Waals surface area contributed by atoms with Crippen molar-refractivity contribution in [1.82, 2.24) is 0 Å². The molecular formula is C15H23N3O. The third-order valence-corrected chi connectivity index (χ3v) is 3.94. The molecule has 0 aromatic heterocycles. The van der Waals surface area contributed by atoms with Crippen molar-refractivity contribution in [2.24, 2.45) is 17.6 Å². The SMILES string of the molecule is CC1CCCC(CNc2ccc(N)cc2C(N)=O)C1. The average molecular weight is 261 g/mol. The minimum absolute atomic E-state index is 0.438. The van der Waals surface area contributed by atoms with Gasteiger partial charge in [-0.2, -0.15) is 0 Å². The number of rotatable bonds is 4. The topological polar surface area (TPSA) is 81.1 Å². The van der Waals surface area contributed by atoms with Crippen molar-refractivity contribution < 1.29 is 4.79 Å². The molecule has 0 aliphatic heterocycles. The predicted molar refractivity (Wildman–Crippen MR) is 79.0 cm³/mol. The second kappa shape index (κ2) is 5.95. The number of hydrogen-bond donors (Lipinski definition) is 3. The molecule has 1 aliphatic rings. The number of nitrogens with two attached hydrogens (primary N) is 2. The number of carbonyl (C=O) groups is 1. The van der Waals surface area contributed by atoms with Gasteiger partial charge in [-0.15, -0.1) is 0 Å². The zero-order valence-corrected chi connectivity index (χ0v) is 11.5.